The molecule has 2 N–H and O–H groups in total. The van der Waals surface area contributed by atoms with Crippen LogP contribution in [-0.4, -0.2) is 52.9 Å². The number of carbonyl (C=O) groups excluding carboxylic acids is 1. The molecule has 0 saturated carbocycles. The summed E-state index contributed by atoms with van der Waals surface area (Å²) in [6.45, 7) is 7.43. The zero-order chi connectivity index (χ0) is 31.5. The van der Waals surface area contributed by atoms with Crippen LogP contribution in [0.15, 0.2) is 51.5 Å². The Hall–Kier alpha value is -3.75. The molecule has 2 heterocycles. The lowest BCUT2D eigenvalue weighted by Crippen LogP contribution is -2.61. The van der Waals surface area contributed by atoms with E-state index in [1.54, 1.807) is 0 Å². The van der Waals surface area contributed by atoms with Crippen molar-refractivity contribution in [2.75, 3.05) is 19.7 Å². The minimum atomic E-state index is -1.40. The largest absolute Gasteiger partial charge is 0.465 e. The molecule has 1 aliphatic rings. The van der Waals surface area contributed by atoms with E-state index in [2.05, 4.69) is 32.3 Å². The highest BCUT2D eigenvalue weighted by atomic mass is 79.9. The molecule has 3 aromatic rings. The summed E-state index contributed by atoms with van der Waals surface area (Å²) in [7, 11) is 0. The number of benzene rings is 2. The second-order valence-electron chi connectivity index (χ2n) is 11.6. The molecule has 43 heavy (non-hydrogen) atoms. The molecule has 1 saturated heterocycles. The van der Waals surface area contributed by atoms with Gasteiger partial charge in [-0.2, -0.15) is 0 Å². The van der Waals surface area contributed by atoms with Crippen LogP contribution in [-0.2, 0) is 21.6 Å². The number of aromatic nitrogens is 1. The SMILES string of the molecule is C#CCO[C@]1(c2ccc(F)c(F)c2)CCN(C(=O)O)C(C(C)(C)C)[C@@H]1c1noc(-c2ccccc2CCNC(C)=O)c1Br. The lowest BCUT2D eigenvalue weighted by Gasteiger charge is -2.54. The zero-order valence-corrected chi connectivity index (χ0v) is 26.0. The summed E-state index contributed by atoms with van der Waals surface area (Å²) in [5, 5.41) is 17.6. The second-order valence-corrected chi connectivity index (χ2v) is 12.4. The average molecular weight is 659 g/mol. The molecule has 2 aromatic carbocycles. The molecule has 4 rings (SSSR count). The van der Waals surface area contributed by atoms with Gasteiger partial charge in [0, 0.05) is 25.6 Å². The number of carbonyl (C=O) groups is 2. The highest BCUT2D eigenvalue weighted by Gasteiger charge is 2.58. The number of halogens is 3. The molecule has 1 unspecified atom stereocenters. The van der Waals surface area contributed by atoms with E-state index < -0.39 is 40.7 Å². The minimum absolute atomic E-state index is 0.0473. The third-order valence-electron chi connectivity index (χ3n) is 7.82. The van der Waals surface area contributed by atoms with Crippen LogP contribution in [0.25, 0.3) is 11.3 Å². The van der Waals surface area contributed by atoms with Crippen molar-refractivity contribution >= 4 is 27.9 Å². The first-order chi connectivity index (χ1) is 20.3. The molecule has 11 heteroatoms. The maximum absolute atomic E-state index is 14.7. The van der Waals surface area contributed by atoms with Crippen molar-refractivity contribution < 1.29 is 32.7 Å². The van der Waals surface area contributed by atoms with Crippen LogP contribution in [0.2, 0.25) is 0 Å². The normalized spacial score (nSPS) is 20.5. The number of nitrogens with zero attached hydrogens (tertiary/aromatic N) is 2. The number of ether oxygens (including phenoxy) is 1. The minimum Gasteiger partial charge on any atom is -0.465 e. The maximum atomic E-state index is 14.7. The van der Waals surface area contributed by atoms with Gasteiger partial charge >= 0.3 is 6.09 Å². The van der Waals surface area contributed by atoms with E-state index in [9.17, 15) is 23.5 Å². The summed E-state index contributed by atoms with van der Waals surface area (Å²) in [4.78, 5) is 25.4. The first kappa shape index (κ1) is 32.2. The van der Waals surface area contributed by atoms with Gasteiger partial charge in [-0.05, 0) is 57.4 Å². The van der Waals surface area contributed by atoms with Crippen molar-refractivity contribution in [2.45, 2.75) is 58.1 Å². The quantitative estimate of drug-likeness (QED) is 0.269. The zero-order valence-electron chi connectivity index (χ0n) is 24.4. The monoisotopic (exact) mass is 657 g/mol. The number of terminal acetylenes is 1. The van der Waals surface area contributed by atoms with Crippen LogP contribution >= 0.6 is 15.9 Å². The average Bonchev–Trinajstić information content (AvgIpc) is 3.32. The molecule has 0 radical (unpaired) electrons. The van der Waals surface area contributed by atoms with Crippen LogP contribution < -0.4 is 5.32 Å². The third-order valence-corrected chi connectivity index (χ3v) is 8.58. The van der Waals surface area contributed by atoms with Crippen LogP contribution in [0.1, 0.15) is 56.9 Å². The van der Waals surface area contributed by atoms with E-state index in [0.29, 0.717) is 34.5 Å². The Labute approximate surface area is 257 Å². The number of likely N-dealkylation sites (tertiary alicyclic amines) is 1. The van der Waals surface area contributed by atoms with Gasteiger partial charge < -0.3 is 24.6 Å². The number of carboxylic acid groups (broad SMARTS) is 1. The fourth-order valence-electron chi connectivity index (χ4n) is 6.05. The van der Waals surface area contributed by atoms with E-state index in [1.807, 2.05) is 45.0 Å². The molecule has 1 fully saturated rings. The van der Waals surface area contributed by atoms with E-state index in [4.69, 9.17) is 15.7 Å². The van der Waals surface area contributed by atoms with Crippen LogP contribution in [0.4, 0.5) is 13.6 Å². The molecule has 3 atom stereocenters. The third kappa shape index (κ3) is 6.45. The first-order valence-electron chi connectivity index (χ1n) is 13.8. The molecule has 1 aromatic heterocycles. The van der Waals surface area contributed by atoms with Gasteiger partial charge in [0.2, 0.25) is 5.91 Å². The molecule has 2 amide bonds. The number of hydrogen-bond acceptors (Lipinski definition) is 5. The van der Waals surface area contributed by atoms with Crippen molar-refractivity contribution in [1.82, 2.24) is 15.4 Å². The summed E-state index contributed by atoms with van der Waals surface area (Å²) >= 11 is 3.70. The van der Waals surface area contributed by atoms with Crippen molar-refractivity contribution in [3.8, 4) is 23.7 Å². The van der Waals surface area contributed by atoms with E-state index in [0.717, 1.165) is 23.3 Å². The molecule has 228 valence electrons. The van der Waals surface area contributed by atoms with Gasteiger partial charge in [-0.15, -0.1) is 6.42 Å². The molecule has 8 nitrogen and oxygen atoms in total. The molecule has 1 aliphatic heterocycles. The van der Waals surface area contributed by atoms with Gasteiger partial charge in [0.1, 0.15) is 17.9 Å². The predicted molar refractivity (Wildman–Crippen MR) is 160 cm³/mol. The van der Waals surface area contributed by atoms with E-state index in [1.165, 1.54) is 17.9 Å². The number of amides is 2. The Bertz CT molecular complexity index is 1550. The summed E-state index contributed by atoms with van der Waals surface area (Å²) in [5.74, 6) is -0.240. The maximum Gasteiger partial charge on any atom is 0.407 e. The molecule has 0 spiro atoms. The fraction of sp³-hybridized carbons (Fsp3) is 0.406. The Morgan fingerprint density at radius 2 is 1.98 bits per heavy atom. The molecule has 0 aliphatic carbocycles. The highest BCUT2D eigenvalue weighted by molar-refractivity contribution is 9.10. The van der Waals surface area contributed by atoms with Crippen LogP contribution in [0.5, 0.6) is 0 Å². The topological polar surface area (TPSA) is 105 Å². The highest BCUT2D eigenvalue weighted by Crippen LogP contribution is 2.55. The van der Waals surface area contributed by atoms with Gasteiger partial charge in [-0.25, -0.2) is 13.6 Å². The van der Waals surface area contributed by atoms with Crippen LogP contribution in [0, 0.1) is 29.4 Å². The number of nitrogens with one attached hydrogen (secondary N) is 1. The van der Waals surface area contributed by atoms with Crippen LogP contribution in [0.3, 0.4) is 0 Å². The van der Waals surface area contributed by atoms with E-state index in [-0.39, 0.29) is 25.5 Å². The Balaban J connectivity index is 1.96. The van der Waals surface area contributed by atoms with Crippen molar-refractivity contribution in [2.24, 2.45) is 5.41 Å². The Kier molecular flexibility index (Phi) is 9.62. The summed E-state index contributed by atoms with van der Waals surface area (Å²) < 4.78 is 41.7. The standard InChI is InChI=1S/C32H34BrF2N3O5/c1-6-17-42-32(21-11-12-23(34)24(35)18-21)14-16-38(30(40)41)29(31(3,4)5)25(32)27-26(33)28(43-37-27)22-10-8-7-9-20(22)13-15-36-19(2)39/h1,7-12,18,25,29H,13-17H2,2-5H3,(H,36,39)(H,40,41)/t25-,29?,32-/m0/s1. The van der Waals surface area contributed by atoms with Crippen molar-refractivity contribution in [1.29, 1.82) is 0 Å². The molecular weight excluding hydrogens is 624 g/mol. The number of piperidine rings is 1. The van der Waals surface area contributed by atoms with Gasteiger partial charge in [0.15, 0.2) is 17.4 Å². The lowest BCUT2D eigenvalue weighted by molar-refractivity contribution is -0.126. The van der Waals surface area contributed by atoms with Crippen molar-refractivity contribution in [3.05, 3.63) is 75.4 Å². The van der Waals surface area contributed by atoms with Crippen molar-refractivity contribution in [3.63, 3.8) is 0 Å². The van der Waals surface area contributed by atoms with E-state index >= 15 is 0 Å². The molecule has 0 bridgehead atoms. The molecular formula is C32H34BrF2N3O5. The summed E-state index contributed by atoms with van der Waals surface area (Å²) in [5.41, 5.74) is 0.184. The lowest BCUT2D eigenvalue weighted by atomic mass is 9.63. The van der Waals surface area contributed by atoms with Gasteiger partial charge in [0.25, 0.3) is 0 Å². The predicted octanol–water partition coefficient (Wildman–Crippen LogP) is 6.49. The summed E-state index contributed by atoms with van der Waals surface area (Å²) in [6.07, 6.45) is 5.09. The number of hydrogen-bond donors (Lipinski definition) is 2. The van der Waals surface area contributed by atoms with Gasteiger partial charge in [-0.1, -0.05) is 62.2 Å². The number of rotatable bonds is 8. The van der Waals surface area contributed by atoms with Gasteiger partial charge in [-0.3, -0.25) is 4.79 Å². The smallest absolute Gasteiger partial charge is 0.407 e. The fourth-order valence-corrected chi connectivity index (χ4v) is 6.66. The second kappa shape index (κ2) is 12.9. The summed E-state index contributed by atoms with van der Waals surface area (Å²) in [6, 6.07) is 10.3. The Morgan fingerprint density at radius 3 is 2.60 bits per heavy atom. The first-order valence-corrected chi connectivity index (χ1v) is 14.6. The van der Waals surface area contributed by atoms with Gasteiger partial charge in [0.05, 0.1) is 16.4 Å². The Morgan fingerprint density at radius 1 is 1.26 bits per heavy atom.